The van der Waals surface area contributed by atoms with E-state index in [1.165, 1.54) is 18.5 Å². The number of rotatable bonds is 6. The Labute approximate surface area is 170 Å². The lowest BCUT2D eigenvalue weighted by molar-refractivity contribution is 0.102. The third kappa shape index (κ3) is 4.48. The van der Waals surface area contributed by atoms with E-state index in [1.54, 1.807) is 25.4 Å². The molecule has 1 aromatic heterocycles. The van der Waals surface area contributed by atoms with Gasteiger partial charge >= 0.3 is 0 Å². The Kier molecular flexibility index (Phi) is 5.61. The summed E-state index contributed by atoms with van der Waals surface area (Å²) >= 11 is 0. The Bertz CT molecular complexity index is 982. The molecule has 1 aliphatic rings. The topological polar surface area (TPSA) is 66.5 Å². The van der Waals surface area contributed by atoms with E-state index in [0.29, 0.717) is 17.1 Å². The number of para-hydroxylation sites is 2. The van der Waals surface area contributed by atoms with Gasteiger partial charge in [-0.2, -0.15) is 0 Å². The monoisotopic (exact) mass is 388 g/mol. The summed E-state index contributed by atoms with van der Waals surface area (Å²) in [6.45, 7) is 2.20. The number of carbonyl (C=O) groups is 1. The number of anilines is 4. The predicted octanol–water partition coefficient (Wildman–Crippen LogP) is 4.69. The van der Waals surface area contributed by atoms with Crippen LogP contribution in [0.15, 0.2) is 66.9 Å². The molecule has 29 heavy (non-hydrogen) atoms. The molecule has 6 nitrogen and oxygen atoms in total. The molecule has 0 saturated carbocycles. The second-order valence-corrected chi connectivity index (χ2v) is 6.95. The van der Waals surface area contributed by atoms with Crippen molar-refractivity contribution in [3.63, 3.8) is 0 Å². The van der Waals surface area contributed by atoms with Crippen LogP contribution >= 0.6 is 0 Å². The van der Waals surface area contributed by atoms with Gasteiger partial charge in [-0.1, -0.05) is 12.1 Å². The second kappa shape index (κ2) is 8.65. The predicted molar refractivity (Wildman–Crippen MR) is 116 cm³/mol. The van der Waals surface area contributed by atoms with Gasteiger partial charge in [0.2, 0.25) is 0 Å². The minimum Gasteiger partial charge on any atom is -0.495 e. The van der Waals surface area contributed by atoms with Crippen molar-refractivity contribution in [3.8, 4) is 5.75 Å². The number of hydrogen-bond donors (Lipinski definition) is 2. The molecule has 0 radical (unpaired) electrons. The Morgan fingerprint density at radius 3 is 2.55 bits per heavy atom. The quantitative estimate of drug-likeness (QED) is 0.641. The van der Waals surface area contributed by atoms with Gasteiger partial charge in [-0.25, -0.2) is 4.98 Å². The lowest BCUT2D eigenvalue weighted by Crippen LogP contribution is -2.17. The van der Waals surface area contributed by atoms with E-state index in [-0.39, 0.29) is 5.91 Å². The third-order valence-corrected chi connectivity index (χ3v) is 4.99. The highest BCUT2D eigenvalue weighted by Crippen LogP contribution is 2.26. The second-order valence-electron chi connectivity index (χ2n) is 6.95. The summed E-state index contributed by atoms with van der Waals surface area (Å²) in [5.41, 5.74) is 3.29. The van der Waals surface area contributed by atoms with Gasteiger partial charge in [-0.05, 0) is 61.4 Å². The molecule has 2 aromatic carbocycles. The van der Waals surface area contributed by atoms with E-state index < -0.39 is 0 Å². The summed E-state index contributed by atoms with van der Waals surface area (Å²) in [6, 6.07) is 19.0. The molecular weight excluding hydrogens is 364 g/mol. The van der Waals surface area contributed by atoms with Crippen LogP contribution in [0, 0.1) is 0 Å². The molecular formula is C23H24N4O2. The van der Waals surface area contributed by atoms with E-state index >= 15 is 0 Å². The van der Waals surface area contributed by atoms with Crippen molar-refractivity contribution in [2.45, 2.75) is 12.8 Å². The van der Waals surface area contributed by atoms with Crippen molar-refractivity contribution in [1.29, 1.82) is 0 Å². The Morgan fingerprint density at radius 2 is 1.79 bits per heavy atom. The summed E-state index contributed by atoms with van der Waals surface area (Å²) in [5, 5.41) is 6.15. The number of ether oxygens (including phenoxy) is 1. The van der Waals surface area contributed by atoms with Gasteiger partial charge in [0.15, 0.2) is 0 Å². The number of carbonyl (C=O) groups excluding carboxylic acids is 1. The van der Waals surface area contributed by atoms with Crippen molar-refractivity contribution in [3.05, 3.63) is 72.4 Å². The smallest absolute Gasteiger partial charge is 0.255 e. The van der Waals surface area contributed by atoms with E-state index in [0.717, 1.165) is 24.5 Å². The van der Waals surface area contributed by atoms with Crippen LogP contribution in [0.4, 0.5) is 22.9 Å². The van der Waals surface area contributed by atoms with Crippen LogP contribution in [0.1, 0.15) is 23.2 Å². The molecule has 2 heterocycles. The molecule has 1 aliphatic heterocycles. The molecule has 0 atom stereocenters. The van der Waals surface area contributed by atoms with Crippen molar-refractivity contribution < 1.29 is 9.53 Å². The number of amides is 1. The summed E-state index contributed by atoms with van der Waals surface area (Å²) in [5.74, 6) is 1.11. The van der Waals surface area contributed by atoms with Gasteiger partial charge < -0.3 is 20.3 Å². The fourth-order valence-corrected chi connectivity index (χ4v) is 3.46. The van der Waals surface area contributed by atoms with E-state index in [9.17, 15) is 4.79 Å². The molecule has 1 amide bonds. The molecule has 1 saturated heterocycles. The van der Waals surface area contributed by atoms with Crippen LogP contribution in [0.25, 0.3) is 0 Å². The molecule has 0 bridgehead atoms. The number of hydrogen-bond acceptors (Lipinski definition) is 5. The minimum absolute atomic E-state index is 0.176. The standard InChI is InChI=1S/C23H24N4O2/c1-29-21-7-3-2-6-20(21)26-22-16-17(12-13-24-22)23(28)25-18-8-10-19(11-9-18)27-14-4-5-15-27/h2-3,6-13,16H,4-5,14-15H2,1H3,(H,24,26)(H,25,28). The van der Waals surface area contributed by atoms with Gasteiger partial charge in [0.1, 0.15) is 11.6 Å². The highest BCUT2D eigenvalue weighted by molar-refractivity contribution is 6.04. The molecule has 4 rings (SSSR count). The van der Waals surface area contributed by atoms with Gasteiger partial charge in [0.05, 0.1) is 12.8 Å². The zero-order chi connectivity index (χ0) is 20.1. The SMILES string of the molecule is COc1ccccc1Nc1cc(C(=O)Nc2ccc(N3CCCC3)cc2)ccn1. The van der Waals surface area contributed by atoms with Crippen LogP contribution in [0.5, 0.6) is 5.75 Å². The maximum atomic E-state index is 12.7. The number of pyridine rings is 1. The molecule has 0 spiro atoms. The van der Waals surface area contributed by atoms with Gasteiger partial charge in [0.25, 0.3) is 5.91 Å². The first-order valence-electron chi connectivity index (χ1n) is 9.75. The molecule has 0 aliphatic carbocycles. The molecule has 6 heteroatoms. The average molecular weight is 388 g/mol. The maximum absolute atomic E-state index is 12.7. The highest BCUT2D eigenvalue weighted by atomic mass is 16.5. The average Bonchev–Trinajstić information content (AvgIpc) is 3.30. The third-order valence-electron chi connectivity index (χ3n) is 4.99. The first kappa shape index (κ1) is 18.8. The van der Waals surface area contributed by atoms with E-state index in [1.807, 2.05) is 36.4 Å². The Balaban J connectivity index is 1.44. The van der Waals surface area contributed by atoms with Gasteiger partial charge in [-0.3, -0.25) is 4.79 Å². The van der Waals surface area contributed by atoms with Crippen molar-refractivity contribution in [2.75, 3.05) is 35.7 Å². The van der Waals surface area contributed by atoms with Crippen molar-refractivity contribution >= 4 is 28.8 Å². The number of methoxy groups -OCH3 is 1. The Hall–Kier alpha value is -3.54. The lowest BCUT2D eigenvalue weighted by Gasteiger charge is -2.17. The zero-order valence-corrected chi connectivity index (χ0v) is 16.4. The first-order valence-corrected chi connectivity index (χ1v) is 9.75. The number of nitrogens with one attached hydrogen (secondary N) is 2. The summed E-state index contributed by atoms with van der Waals surface area (Å²) in [4.78, 5) is 19.3. The normalized spacial score (nSPS) is 13.2. The molecule has 0 unspecified atom stereocenters. The number of aromatic nitrogens is 1. The maximum Gasteiger partial charge on any atom is 0.255 e. The van der Waals surface area contributed by atoms with E-state index in [2.05, 4.69) is 32.7 Å². The Morgan fingerprint density at radius 1 is 1.03 bits per heavy atom. The van der Waals surface area contributed by atoms with Crippen LogP contribution in [-0.4, -0.2) is 31.1 Å². The van der Waals surface area contributed by atoms with Crippen molar-refractivity contribution in [2.24, 2.45) is 0 Å². The minimum atomic E-state index is -0.176. The van der Waals surface area contributed by atoms with Crippen molar-refractivity contribution in [1.82, 2.24) is 4.98 Å². The van der Waals surface area contributed by atoms with Crippen LogP contribution in [-0.2, 0) is 0 Å². The fourth-order valence-electron chi connectivity index (χ4n) is 3.46. The molecule has 148 valence electrons. The first-order chi connectivity index (χ1) is 14.2. The summed E-state index contributed by atoms with van der Waals surface area (Å²) in [6.07, 6.45) is 4.10. The zero-order valence-electron chi connectivity index (χ0n) is 16.4. The fraction of sp³-hybridized carbons (Fsp3) is 0.217. The van der Waals surface area contributed by atoms with Gasteiger partial charge in [0, 0.05) is 36.2 Å². The molecule has 3 aromatic rings. The highest BCUT2D eigenvalue weighted by Gasteiger charge is 2.13. The van der Waals surface area contributed by atoms with E-state index in [4.69, 9.17) is 4.74 Å². The van der Waals surface area contributed by atoms with Crippen LogP contribution < -0.4 is 20.3 Å². The largest absolute Gasteiger partial charge is 0.495 e. The van der Waals surface area contributed by atoms with Crippen LogP contribution in [0.3, 0.4) is 0 Å². The summed E-state index contributed by atoms with van der Waals surface area (Å²) in [7, 11) is 1.62. The van der Waals surface area contributed by atoms with Gasteiger partial charge in [-0.15, -0.1) is 0 Å². The lowest BCUT2D eigenvalue weighted by atomic mass is 10.2. The molecule has 1 fully saturated rings. The number of nitrogens with zero attached hydrogens (tertiary/aromatic N) is 2. The molecule has 2 N–H and O–H groups in total. The van der Waals surface area contributed by atoms with Crippen LogP contribution in [0.2, 0.25) is 0 Å². The summed E-state index contributed by atoms with van der Waals surface area (Å²) < 4.78 is 5.35. The number of benzene rings is 2.